The summed E-state index contributed by atoms with van der Waals surface area (Å²) < 4.78 is 13.5. The number of aryl methyl sites for hydroxylation is 1. The number of hydrogen-bond acceptors (Lipinski definition) is 6. The number of rotatable bonds is 8. The number of nitrogens with one attached hydrogen (secondary N) is 1. The molecule has 2 unspecified atom stereocenters. The quantitative estimate of drug-likeness (QED) is 0.388. The van der Waals surface area contributed by atoms with Gasteiger partial charge in [-0.05, 0) is 43.3 Å². The molecular weight excluding hydrogens is 577 g/mol. The van der Waals surface area contributed by atoms with E-state index in [-0.39, 0.29) is 56.2 Å². The van der Waals surface area contributed by atoms with Gasteiger partial charge in [-0.2, -0.15) is 0 Å². The van der Waals surface area contributed by atoms with Crippen molar-refractivity contribution in [3.63, 3.8) is 0 Å². The van der Waals surface area contributed by atoms with Gasteiger partial charge < -0.3 is 29.9 Å². The average molecular weight is 607 g/mol. The number of nitrogens with zero attached hydrogens (tertiary/aromatic N) is 2. The highest BCUT2D eigenvalue weighted by atomic mass is 35.5. The van der Waals surface area contributed by atoms with E-state index in [1.807, 2.05) is 7.05 Å². The van der Waals surface area contributed by atoms with Crippen LogP contribution in [0.2, 0.25) is 10.0 Å². The molecule has 4 rings (SSSR count). The second-order valence-electron chi connectivity index (χ2n) is 9.70. The number of carbonyl (C=O) groups excluding carboxylic acids is 1. The molecule has 2 heterocycles. The fourth-order valence-electron chi connectivity index (χ4n) is 4.98. The highest BCUT2D eigenvalue weighted by molar-refractivity contribution is 7.91. The zero-order valence-electron chi connectivity index (χ0n) is 21.9. The van der Waals surface area contributed by atoms with Crippen molar-refractivity contribution < 1.29 is 29.1 Å². The third-order valence-corrected chi connectivity index (χ3v) is 9.24. The molecule has 0 aliphatic carbocycles. The second-order valence-corrected chi connectivity index (χ2v) is 11.9. The first-order valence-electron chi connectivity index (χ1n) is 12.5. The van der Waals surface area contributed by atoms with Gasteiger partial charge in [0, 0.05) is 53.0 Å². The summed E-state index contributed by atoms with van der Waals surface area (Å²) in [6.07, 6.45) is -0.322. The summed E-state index contributed by atoms with van der Waals surface area (Å²) in [5.41, 5.74) is 0.198. The summed E-state index contributed by atoms with van der Waals surface area (Å²) in [6.45, 7) is 4.09. The molecule has 212 valence electrons. The lowest BCUT2D eigenvalue weighted by atomic mass is 9.79. The van der Waals surface area contributed by atoms with Gasteiger partial charge in [-0.3, -0.25) is 4.79 Å². The predicted octanol–water partition coefficient (Wildman–Crippen LogP) is 3.64. The number of piperazine rings is 1. The number of hydrogen-bond donors (Lipinski definition) is 3. The molecular formula is C28H29Cl2N3O6S. The zero-order valence-corrected chi connectivity index (χ0v) is 24.3. The van der Waals surface area contributed by atoms with Crippen LogP contribution < -0.4 is 5.32 Å². The molecule has 40 heavy (non-hydrogen) atoms. The third-order valence-electron chi connectivity index (χ3n) is 7.08. The summed E-state index contributed by atoms with van der Waals surface area (Å²) >= 11 is 11.3. The summed E-state index contributed by atoms with van der Waals surface area (Å²) in [5.74, 6) is -4.83. The third kappa shape index (κ3) is 6.31. The van der Waals surface area contributed by atoms with Gasteiger partial charge in [0.25, 0.3) is 0 Å². The number of carboxylic acids is 2. The van der Waals surface area contributed by atoms with Crippen molar-refractivity contribution in [2.24, 2.45) is 0 Å². The van der Waals surface area contributed by atoms with Gasteiger partial charge >= 0.3 is 11.9 Å². The van der Waals surface area contributed by atoms with Gasteiger partial charge in [0.15, 0.2) is 10.6 Å². The minimum absolute atomic E-state index is 0.0131. The molecule has 0 radical (unpaired) electrons. The van der Waals surface area contributed by atoms with Crippen LogP contribution in [0.25, 0.3) is 0 Å². The first kappa shape index (κ1) is 30.0. The van der Waals surface area contributed by atoms with E-state index in [9.17, 15) is 29.1 Å². The van der Waals surface area contributed by atoms with Gasteiger partial charge in [-0.25, -0.2) is 9.59 Å². The van der Waals surface area contributed by atoms with Crippen molar-refractivity contribution in [1.29, 1.82) is 0 Å². The van der Waals surface area contributed by atoms with Crippen LogP contribution in [-0.4, -0.2) is 81.4 Å². The van der Waals surface area contributed by atoms with E-state index in [0.29, 0.717) is 31.1 Å². The normalized spacial score (nSPS) is 18.9. The van der Waals surface area contributed by atoms with Crippen molar-refractivity contribution in [3.8, 4) is 0 Å². The lowest BCUT2D eigenvalue weighted by Gasteiger charge is -2.35. The highest BCUT2D eigenvalue weighted by Crippen LogP contribution is 2.45. The smallest absolute Gasteiger partial charge is 0.334 e. The van der Waals surface area contributed by atoms with E-state index in [2.05, 4.69) is 10.2 Å². The van der Waals surface area contributed by atoms with Crippen molar-refractivity contribution in [3.05, 3.63) is 86.2 Å². The number of carboxylic acid groups (broad SMARTS) is 2. The Bertz CT molecular complexity index is 1380. The van der Waals surface area contributed by atoms with Crippen molar-refractivity contribution >= 4 is 52.2 Å². The Kier molecular flexibility index (Phi) is 9.48. The lowest BCUT2D eigenvalue weighted by Crippen LogP contribution is -2.47. The molecule has 2 aromatic rings. The molecule has 0 spiro atoms. The maximum Gasteiger partial charge on any atom is 0.334 e. The van der Waals surface area contributed by atoms with Crippen molar-refractivity contribution in [2.45, 2.75) is 24.2 Å². The standard InChI is InChI=1S/C28H29Cl2N3O6S/c1-16-6-3-4-9-21(16)40(39)15-20-25(28(37)38)26(23-17(29)7-5-8-18(23)30)24(27(35)36)19(31-20)14-22(34)33-12-10-32(2)11-13-33/h3-9,26,31H,10-15H2,1-2H3,(H,35,36)(H,37,38). The van der Waals surface area contributed by atoms with Crippen LogP contribution in [0.15, 0.2) is 69.9 Å². The number of halogens is 2. The van der Waals surface area contributed by atoms with Crippen LogP contribution in [0.5, 0.6) is 0 Å². The van der Waals surface area contributed by atoms with Crippen LogP contribution in [0.1, 0.15) is 23.5 Å². The van der Waals surface area contributed by atoms with E-state index < -0.39 is 29.0 Å². The number of benzene rings is 2. The fraction of sp³-hybridized carbons (Fsp3) is 0.321. The molecule has 2 aromatic carbocycles. The highest BCUT2D eigenvalue weighted by Gasteiger charge is 2.42. The summed E-state index contributed by atoms with van der Waals surface area (Å²) in [4.78, 5) is 43.1. The number of likely N-dealkylation sites (N-methyl/N-ethyl adjacent to an activating group) is 1. The molecule has 0 bridgehead atoms. The Morgan fingerprint density at radius 1 is 0.950 bits per heavy atom. The fourth-order valence-corrected chi connectivity index (χ4v) is 6.90. The van der Waals surface area contributed by atoms with Crippen LogP contribution in [-0.2, 0) is 25.6 Å². The van der Waals surface area contributed by atoms with Crippen molar-refractivity contribution in [1.82, 2.24) is 15.1 Å². The molecule has 2 aliphatic rings. The Morgan fingerprint density at radius 2 is 1.52 bits per heavy atom. The van der Waals surface area contributed by atoms with Gasteiger partial charge in [0.05, 0.1) is 29.2 Å². The summed E-state index contributed by atoms with van der Waals surface area (Å²) in [6, 6.07) is 11.6. The average Bonchev–Trinajstić information content (AvgIpc) is 2.88. The van der Waals surface area contributed by atoms with Crippen LogP contribution in [0.4, 0.5) is 0 Å². The second kappa shape index (κ2) is 12.7. The maximum atomic E-state index is 13.5. The molecule has 1 saturated heterocycles. The minimum Gasteiger partial charge on any atom is -0.611 e. The monoisotopic (exact) mass is 605 g/mol. The Balaban J connectivity index is 1.85. The zero-order chi connectivity index (χ0) is 29.1. The molecule has 0 aromatic heterocycles. The van der Waals surface area contributed by atoms with Crippen LogP contribution >= 0.6 is 23.2 Å². The van der Waals surface area contributed by atoms with Gasteiger partial charge in [0.1, 0.15) is 0 Å². The molecule has 3 N–H and O–H groups in total. The topological polar surface area (TPSA) is 133 Å². The maximum absolute atomic E-state index is 13.5. The van der Waals surface area contributed by atoms with E-state index >= 15 is 0 Å². The van der Waals surface area contributed by atoms with Crippen LogP contribution in [0.3, 0.4) is 0 Å². The molecule has 0 saturated carbocycles. The number of carbonyl (C=O) groups is 3. The predicted molar refractivity (Wildman–Crippen MR) is 153 cm³/mol. The van der Waals surface area contributed by atoms with Gasteiger partial charge in [-0.1, -0.05) is 47.5 Å². The molecule has 12 heteroatoms. The van der Waals surface area contributed by atoms with Crippen LogP contribution in [0, 0.1) is 6.92 Å². The molecule has 2 aliphatic heterocycles. The number of aliphatic carboxylic acids is 2. The Hall–Kier alpha value is -3.02. The first-order chi connectivity index (χ1) is 19.0. The largest absolute Gasteiger partial charge is 0.611 e. The van der Waals surface area contributed by atoms with E-state index in [1.165, 1.54) is 12.1 Å². The lowest BCUT2D eigenvalue weighted by molar-refractivity contribution is -0.133. The van der Waals surface area contributed by atoms with E-state index in [1.54, 1.807) is 42.2 Å². The SMILES string of the molecule is Cc1ccccc1[S+]([O-])CC1=C(C(=O)O)C(c2c(Cl)cccc2Cl)C(C(=O)O)=C(CC(=O)N2CCN(C)CC2)N1. The Morgan fingerprint density at radius 3 is 2.10 bits per heavy atom. The number of dihydropyridines is 1. The number of amides is 1. The van der Waals surface area contributed by atoms with Gasteiger partial charge in [0.2, 0.25) is 5.91 Å². The van der Waals surface area contributed by atoms with Crippen molar-refractivity contribution in [2.75, 3.05) is 39.0 Å². The molecule has 9 nitrogen and oxygen atoms in total. The minimum atomic E-state index is -1.69. The Labute approximate surface area is 245 Å². The first-order valence-corrected chi connectivity index (χ1v) is 14.6. The molecule has 2 atom stereocenters. The molecule has 1 amide bonds. The van der Waals surface area contributed by atoms with E-state index in [0.717, 1.165) is 5.56 Å². The van der Waals surface area contributed by atoms with Gasteiger partial charge in [-0.15, -0.1) is 0 Å². The summed E-state index contributed by atoms with van der Waals surface area (Å²) in [5, 5.41) is 23.8. The summed E-state index contributed by atoms with van der Waals surface area (Å²) in [7, 11) is 1.95. The van der Waals surface area contributed by atoms with E-state index in [4.69, 9.17) is 23.2 Å². The molecule has 1 fully saturated rings.